The van der Waals surface area contributed by atoms with Crippen molar-refractivity contribution in [1.82, 2.24) is 9.88 Å². The minimum atomic E-state index is -3.11. The highest BCUT2D eigenvalue weighted by molar-refractivity contribution is 8.01. The molecule has 1 aliphatic rings. The SMILES string of the molecule is CCS(=O)(=O)C1CSCCN1Cc1cccnc1C#N. The molecule has 0 aromatic carbocycles. The Morgan fingerprint density at radius 2 is 2.40 bits per heavy atom. The molecule has 1 saturated heterocycles. The van der Waals surface area contributed by atoms with Gasteiger partial charge in [0.05, 0.1) is 0 Å². The molecular formula is C13H17N3O2S2. The zero-order valence-electron chi connectivity index (χ0n) is 11.3. The second-order valence-electron chi connectivity index (χ2n) is 4.57. The van der Waals surface area contributed by atoms with Gasteiger partial charge in [-0.2, -0.15) is 17.0 Å². The van der Waals surface area contributed by atoms with Gasteiger partial charge in [-0.25, -0.2) is 13.4 Å². The molecule has 20 heavy (non-hydrogen) atoms. The first-order valence-corrected chi connectivity index (χ1v) is 9.33. The highest BCUT2D eigenvalue weighted by atomic mass is 32.2. The van der Waals surface area contributed by atoms with Crippen LogP contribution < -0.4 is 0 Å². The van der Waals surface area contributed by atoms with E-state index in [1.165, 1.54) is 0 Å². The number of thioether (sulfide) groups is 1. The zero-order chi connectivity index (χ0) is 14.6. The van der Waals surface area contributed by atoms with Crippen molar-refractivity contribution in [2.24, 2.45) is 0 Å². The van der Waals surface area contributed by atoms with Crippen LogP contribution >= 0.6 is 11.8 Å². The number of hydrogen-bond acceptors (Lipinski definition) is 6. The topological polar surface area (TPSA) is 74.1 Å². The largest absolute Gasteiger partial charge is 0.281 e. The number of pyridine rings is 1. The molecule has 2 heterocycles. The Bertz CT molecular complexity index is 610. The van der Waals surface area contributed by atoms with Gasteiger partial charge in [-0.3, -0.25) is 4.90 Å². The monoisotopic (exact) mass is 311 g/mol. The van der Waals surface area contributed by atoms with E-state index in [2.05, 4.69) is 11.1 Å². The maximum atomic E-state index is 12.2. The van der Waals surface area contributed by atoms with Crippen LogP contribution in [0.2, 0.25) is 0 Å². The summed E-state index contributed by atoms with van der Waals surface area (Å²) >= 11 is 1.67. The number of sulfone groups is 1. The molecule has 0 spiro atoms. The van der Waals surface area contributed by atoms with Gasteiger partial charge in [0.1, 0.15) is 17.1 Å². The maximum absolute atomic E-state index is 12.2. The quantitative estimate of drug-likeness (QED) is 0.833. The average Bonchev–Trinajstić information content (AvgIpc) is 2.48. The molecule has 1 aromatic rings. The second-order valence-corrected chi connectivity index (χ2v) is 8.17. The molecule has 7 heteroatoms. The fraction of sp³-hybridized carbons (Fsp3) is 0.538. The standard InChI is InChI=1S/C13H17N3O2S2/c1-2-20(17,18)13-10-19-7-6-16(13)9-11-4-3-5-15-12(11)8-14/h3-5,13H,2,6-7,9-10H2,1H3. The third kappa shape index (κ3) is 3.32. The first kappa shape index (κ1) is 15.3. The Labute approximate surface area is 123 Å². The molecule has 0 amide bonds. The van der Waals surface area contributed by atoms with E-state index in [-0.39, 0.29) is 5.75 Å². The summed E-state index contributed by atoms with van der Waals surface area (Å²) in [4.78, 5) is 5.98. The first-order chi connectivity index (χ1) is 9.58. The van der Waals surface area contributed by atoms with Crippen LogP contribution in [0.25, 0.3) is 0 Å². The van der Waals surface area contributed by atoms with Gasteiger partial charge in [-0.1, -0.05) is 13.0 Å². The summed E-state index contributed by atoms with van der Waals surface area (Å²) in [5.74, 6) is 1.66. The van der Waals surface area contributed by atoms with Crippen LogP contribution in [-0.2, 0) is 16.4 Å². The fourth-order valence-corrected chi connectivity index (χ4v) is 5.28. The minimum absolute atomic E-state index is 0.146. The summed E-state index contributed by atoms with van der Waals surface area (Å²) < 4.78 is 24.3. The zero-order valence-corrected chi connectivity index (χ0v) is 13.0. The third-order valence-corrected chi connectivity index (χ3v) is 6.71. The van der Waals surface area contributed by atoms with Gasteiger partial charge in [-0.15, -0.1) is 0 Å². The van der Waals surface area contributed by atoms with Crippen molar-refractivity contribution in [3.8, 4) is 6.07 Å². The van der Waals surface area contributed by atoms with E-state index in [1.807, 2.05) is 11.0 Å². The van der Waals surface area contributed by atoms with Crippen molar-refractivity contribution in [3.05, 3.63) is 29.6 Å². The van der Waals surface area contributed by atoms with E-state index in [1.54, 1.807) is 30.9 Å². The lowest BCUT2D eigenvalue weighted by molar-refractivity contribution is 0.261. The Hall–Kier alpha value is -1.10. The lowest BCUT2D eigenvalue weighted by Crippen LogP contribution is -2.47. The molecular weight excluding hydrogens is 294 g/mol. The lowest BCUT2D eigenvalue weighted by Gasteiger charge is -2.34. The molecule has 108 valence electrons. The van der Waals surface area contributed by atoms with Gasteiger partial charge in [0.2, 0.25) is 0 Å². The summed E-state index contributed by atoms with van der Waals surface area (Å²) in [6.45, 7) is 2.85. The first-order valence-electron chi connectivity index (χ1n) is 6.46. The smallest absolute Gasteiger partial charge is 0.166 e. The van der Waals surface area contributed by atoms with Crippen LogP contribution in [0.15, 0.2) is 18.3 Å². The molecule has 2 rings (SSSR count). The van der Waals surface area contributed by atoms with Gasteiger partial charge in [-0.05, 0) is 6.07 Å². The summed E-state index contributed by atoms with van der Waals surface area (Å²) in [5, 5.41) is 8.61. The summed E-state index contributed by atoms with van der Waals surface area (Å²) in [6, 6.07) is 5.67. The van der Waals surface area contributed by atoms with Crippen molar-refractivity contribution in [3.63, 3.8) is 0 Å². The molecule has 5 nitrogen and oxygen atoms in total. The molecule has 0 radical (unpaired) electrons. The van der Waals surface area contributed by atoms with Crippen LogP contribution in [0.5, 0.6) is 0 Å². The van der Waals surface area contributed by atoms with Crippen molar-refractivity contribution >= 4 is 21.6 Å². The van der Waals surface area contributed by atoms with E-state index in [9.17, 15) is 8.42 Å². The summed E-state index contributed by atoms with van der Waals surface area (Å²) in [6.07, 6.45) is 1.58. The second kappa shape index (κ2) is 6.57. The number of rotatable bonds is 4. The summed E-state index contributed by atoms with van der Waals surface area (Å²) in [7, 11) is -3.11. The van der Waals surface area contributed by atoms with Crippen LogP contribution in [0, 0.1) is 11.3 Å². The van der Waals surface area contributed by atoms with Gasteiger partial charge in [0, 0.05) is 42.1 Å². The molecule has 1 aliphatic heterocycles. The van der Waals surface area contributed by atoms with Crippen molar-refractivity contribution in [1.29, 1.82) is 5.26 Å². The molecule has 1 fully saturated rings. The minimum Gasteiger partial charge on any atom is -0.281 e. The predicted octanol–water partition coefficient (Wildman–Crippen LogP) is 1.26. The number of nitrogens with zero attached hydrogens (tertiary/aromatic N) is 3. The predicted molar refractivity (Wildman–Crippen MR) is 79.9 cm³/mol. The van der Waals surface area contributed by atoms with Crippen molar-refractivity contribution in [2.45, 2.75) is 18.8 Å². The van der Waals surface area contributed by atoms with Gasteiger partial charge in [0.15, 0.2) is 9.84 Å². The Morgan fingerprint density at radius 1 is 1.60 bits per heavy atom. The Balaban J connectivity index is 2.24. The molecule has 0 saturated carbocycles. The van der Waals surface area contributed by atoms with Crippen LogP contribution in [0.1, 0.15) is 18.2 Å². The van der Waals surface area contributed by atoms with Gasteiger partial charge < -0.3 is 0 Å². The normalized spacial score (nSPS) is 20.5. The van der Waals surface area contributed by atoms with E-state index >= 15 is 0 Å². The fourth-order valence-electron chi connectivity index (χ4n) is 2.21. The van der Waals surface area contributed by atoms with Crippen molar-refractivity contribution < 1.29 is 8.42 Å². The highest BCUT2D eigenvalue weighted by Crippen LogP contribution is 2.23. The van der Waals surface area contributed by atoms with Gasteiger partial charge in [0.25, 0.3) is 0 Å². The van der Waals surface area contributed by atoms with Crippen LogP contribution in [-0.4, -0.2) is 47.5 Å². The molecule has 0 aliphatic carbocycles. The molecule has 1 unspecified atom stereocenters. The van der Waals surface area contributed by atoms with Crippen molar-refractivity contribution in [2.75, 3.05) is 23.8 Å². The van der Waals surface area contributed by atoms with Crippen LogP contribution in [0.3, 0.4) is 0 Å². The third-order valence-electron chi connectivity index (χ3n) is 3.38. The average molecular weight is 311 g/mol. The molecule has 1 atom stereocenters. The molecule has 0 bridgehead atoms. The molecule has 0 N–H and O–H groups in total. The van der Waals surface area contributed by atoms with Gasteiger partial charge >= 0.3 is 0 Å². The maximum Gasteiger partial charge on any atom is 0.166 e. The van der Waals surface area contributed by atoms with E-state index in [0.717, 1.165) is 11.3 Å². The Morgan fingerprint density at radius 3 is 3.10 bits per heavy atom. The van der Waals surface area contributed by atoms with E-state index in [4.69, 9.17) is 5.26 Å². The van der Waals surface area contributed by atoms with E-state index in [0.29, 0.717) is 24.5 Å². The molecule has 1 aromatic heterocycles. The highest BCUT2D eigenvalue weighted by Gasteiger charge is 2.33. The van der Waals surface area contributed by atoms with E-state index < -0.39 is 15.2 Å². The van der Waals surface area contributed by atoms with Crippen LogP contribution in [0.4, 0.5) is 0 Å². The summed E-state index contributed by atoms with van der Waals surface area (Å²) in [5.41, 5.74) is 1.16. The Kier molecular flexibility index (Phi) is 5.02. The lowest BCUT2D eigenvalue weighted by atomic mass is 10.2. The number of hydrogen-bond donors (Lipinski definition) is 0. The number of aromatic nitrogens is 1. The number of nitriles is 1.